The van der Waals surface area contributed by atoms with Crippen LogP contribution in [0.4, 0.5) is 0 Å². The van der Waals surface area contributed by atoms with Gasteiger partial charge >= 0.3 is 5.97 Å². The lowest BCUT2D eigenvalue weighted by Gasteiger charge is -2.49. The summed E-state index contributed by atoms with van der Waals surface area (Å²) in [6.45, 7) is 3.10. The van der Waals surface area contributed by atoms with Gasteiger partial charge in [0.1, 0.15) is 17.1 Å². The molecule has 2 N–H and O–H groups in total. The maximum atomic E-state index is 12.9. The summed E-state index contributed by atoms with van der Waals surface area (Å²) in [5.41, 5.74) is 0.939. The average Bonchev–Trinajstić information content (AvgIpc) is 3.61. The lowest BCUT2D eigenvalue weighted by atomic mass is 10.0. The smallest absolute Gasteiger partial charge is 0.352 e. The van der Waals surface area contributed by atoms with Crippen LogP contribution in [0.5, 0.6) is 0 Å². The first-order chi connectivity index (χ1) is 16.8. The van der Waals surface area contributed by atoms with Crippen LogP contribution in [0.2, 0.25) is 0 Å². The molecule has 35 heavy (non-hydrogen) atoms. The normalized spacial score (nSPS) is 26.0. The van der Waals surface area contributed by atoms with Crippen LogP contribution in [0.15, 0.2) is 46.5 Å². The molecule has 3 aliphatic heterocycles. The number of allylic oxidation sites excluding steroid dienone is 1. The van der Waals surface area contributed by atoms with E-state index in [-0.39, 0.29) is 17.5 Å². The van der Waals surface area contributed by atoms with Crippen LogP contribution in [0.25, 0.3) is 0 Å². The average molecular weight is 516 g/mol. The third kappa shape index (κ3) is 4.81. The molecule has 184 valence electrons. The number of rotatable bonds is 8. The van der Waals surface area contributed by atoms with Crippen molar-refractivity contribution in [3.63, 3.8) is 0 Å². The summed E-state index contributed by atoms with van der Waals surface area (Å²) in [6, 6.07) is 0.874. The van der Waals surface area contributed by atoms with E-state index in [1.165, 1.54) is 28.4 Å². The molecule has 0 spiro atoms. The van der Waals surface area contributed by atoms with E-state index in [1.807, 2.05) is 4.90 Å². The number of amides is 3. The Bertz CT molecular complexity index is 1140. The van der Waals surface area contributed by atoms with Crippen LogP contribution in [0.1, 0.15) is 26.2 Å². The number of carbonyl (C=O) groups excluding carboxylic acids is 3. The van der Waals surface area contributed by atoms with Crippen molar-refractivity contribution in [3.05, 3.63) is 41.4 Å². The zero-order chi connectivity index (χ0) is 24.7. The standard InChI is InChI=1S/C23H25N5O5S2/c1-12(35-23-24-6-2-7-25-23)18(29)26-16-20(31)28-17(22(32)33)15(11-34-21(16)28)9-14-5-8-27(19(14)30)10-13-3-4-13/h2,6-7,9,12-13,16,21H,3-5,8,10-11H2,1H3,(H,26,29)(H,32,33). The number of aromatic nitrogens is 2. The SMILES string of the molecule is CC(Sc1ncccn1)C(=O)NC1C(=O)N2C(C(=O)O)=C(C=C3CCN(CC4CC4)C3=O)CSC12. The molecule has 2 saturated heterocycles. The van der Waals surface area contributed by atoms with E-state index < -0.39 is 28.5 Å². The lowest BCUT2D eigenvalue weighted by molar-refractivity contribution is -0.150. The van der Waals surface area contributed by atoms with Crippen LogP contribution >= 0.6 is 23.5 Å². The number of hydrogen-bond acceptors (Lipinski definition) is 8. The van der Waals surface area contributed by atoms with Gasteiger partial charge in [0.05, 0.1) is 5.25 Å². The first-order valence-corrected chi connectivity index (χ1v) is 13.4. The number of fused-ring (bicyclic) bond motifs is 1. The topological polar surface area (TPSA) is 133 Å². The van der Waals surface area contributed by atoms with Crippen LogP contribution in [-0.2, 0) is 19.2 Å². The van der Waals surface area contributed by atoms with Gasteiger partial charge in [-0.15, -0.1) is 11.8 Å². The van der Waals surface area contributed by atoms with Crippen molar-refractivity contribution in [3.8, 4) is 0 Å². The largest absolute Gasteiger partial charge is 0.477 e. The van der Waals surface area contributed by atoms with Crippen LogP contribution in [-0.4, -0.2) is 84.1 Å². The minimum atomic E-state index is -1.22. The summed E-state index contributed by atoms with van der Waals surface area (Å²) in [6.07, 6.45) is 7.71. The molecule has 0 aromatic carbocycles. The van der Waals surface area contributed by atoms with Gasteiger partial charge in [-0.3, -0.25) is 19.3 Å². The van der Waals surface area contributed by atoms with Gasteiger partial charge < -0.3 is 15.3 Å². The number of hydrogen-bond donors (Lipinski definition) is 2. The van der Waals surface area contributed by atoms with Gasteiger partial charge in [0.2, 0.25) is 11.8 Å². The van der Waals surface area contributed by atoms with Crippen molar-refractivity contribution in [1.29, 1.82) is 0 Å². The summed E-state index contributed by atoms with van der Waals surface area (Å²) in [7, 11) is 0. The minimum absolute atomic E-state index is 0.0461. The highest BCUT2D eigenvalue weighted by molar-refractivity contribution is 8.00. The van der Waals surface area contributed by atoms with Crippen molar-refractivity contribution in [2.24, 2.45) is 5.92 Å². The van der Waals surface area contributed by atoms with Gasteiger partial charge in [-0.05, 0) is 49.8 Å². The lowest BCUT2D eigenvalue weighted by Crippen LogP contribution is -2.71. The second-order valence-electron chi connectivity index (χ2n) is 8.98. The number of carboxylic acids is 1. The fourth-order valence-corrected chi connectivity index (χ4v) is 6.42. The number of thioether (sulfide) groups is 2. The molecule has 5 rings (SSSR count). The third-order valence-electron chi connectivity index (χ3n) is 6.43. The molecule has 1 aromatic rings. The molecule has 10 nitrogen and oxygen atoms in total. The Morgan fingerprint density at radius 1 is 1.31 bits per heavy atom. The number of likely N-dealkylation sites (tertiary alicyclic amines) is 1. The van der Waals surface area contributed by atoms with Crippen LogP contribution < -0.4 is 5.32 Å². The number of carbonyl (C=O) groups is 4. The summed E-state index contributed by atoms with van der Waals surface area (Å²) in [4.78, 5) is 61.7. The van der Waals surface area contributed by atoms with Gasteiger partial charge in [-0.1, -0.05) is 11.8 Å². The van der Waals surface area contributed by atoms with E-state index in [0.29, 0.717) is 40.9 Å². The molecule has 3 atom stereocenters. The van der Waals surface area contributed by atoms with Crippen LogP contribution in [0, 0.1) is 5.92 Å². The molecule has 3 amide bonds. The number of aliphatic carboxylic acids is 1. The molecule has 1 aliphatic carbocycles. The summed E-state index contributed by atoms with van der Waals surface area (Å²) < 4.78 is 0. The Hall–Kier alpha value is -2.86. The maximum Gasteiger partial charge on any atom is 0.352 e. The molecule has 1 aromatic heterocycles. The zero-order valence-electron chi connectivity index (χ0n) is 19.0. The van der Waals surface area contributed by atoms with E-state index in [4.69, 9.17) is 0 Å². The van der Waals surface area contributed by atoms with E-state index in [0.717, 1.165) is 19.4 Å². The Morgan fingerprint density at radius 3 is 2.74 bits per heavy atom. The summed E-state index contributed by atoms with van der Waals surface area (Å²) >= 11 is 2.56. The number of nitrogens with one attached hydrogen (secondary N) is 1. The molecule has 0 bridgehead atoms. The van der Waals surface area contributed by atoms with E-state index in [9.17, 15) is 24.3 Å². The Labute approximate surface area is 210 Å². The number of β-lactam (4-membered cyclic amide) rings is 1. The second-order valence-corrected chi connectivity index (χ2v) is 11.4. The van der Waals surface area contributed by atoms with Gasteiger partial charge in [-0.2, -0.15) is 0 Å². The second kappa shape index (κ2) is 9.65. The molecule has 1 saturated carbocycles. The molecule has 0 radical (unpaired) electrons. The predicted molar refractivity (Wildman–Crippen MR) is 129 cm³/mol. The molecule has 4 aliphatic rings. The molecule has 12 heteroatoms. The highest BCUT2D eigenvalue weighted by atomic mass is 32.2. The Kier molecular flexibility index (Phi) is 6.58. The Morgan fingerprint density at radius 2 is 2.06 bits per heavy atom. The van der Waals surface area contributed by atoms with Gasteiger partial charge in [0.15, 0.2) is 5.16 Å². The maximum absolute atomic E-state index is 12.9. The van der Waals surface area contributed by atoms with Crippen molar-refractivity contribution < 1.29 is 24.3 Å². The molecule has 3 fully saturated rings. The van der Waals surface area contributed by atoms with Crippen LogP contribution in [0.3, 0.4) is 0 Å². The van der Waals surface area contributed by atoms with Gasteiger partial charge in [0.25, 0.3) is 5.91 Å². The monoisotopic (exact) mass is 515 g/mol. The quantitative estimate of drug-likeness (QED) is 0.227. The fraction of sp³-hybridized carbons (Fsp3) is 0.478. The van der Waals surface area contributed by atoms with Crippen molar-refractivity contribution >= 4 is 47.2 Å². The fourth-order valence-electron chi connectivity index (χ4n) is 4.38. The molecular formula is C23H25N5O5S2. The van der Waals surface area contributed by atoms with Gasteiger partial charge in [-0.25, -0.2) is 14.8 Å². The molecular weight excluding hydrogens is 490 g/mol. The zero-order valence-corrected chi connectivity index (χ0v) is 20.7. The van der Waals surface area contributed by atoms with Crippen molar-refractivity contribution in [1.82, 2.24) is 25.1 Å². The van der Waals surface area contributed by atoms with E-state index in [2.05, 4.69) is 15.3 Å². The summed E-state index contributed by atoms with van der Waals surface area (Å²) in [5.74, 6) is -1.15. The first kappa shape index (κ1) is 23.9. The van der Waals surface area contributed by atoms with E-state index in [1.54, 1.807) is 31.5 Å². The van der Waals surface area contributed by atoms with E-state index >= 15 is 0 Å². The Balaban J connectivity index is 1.27. The van der Waals surface area contributed by atoms with Crippen molar-refractivity contribution in [2.75, 3.05) is 18.8 Å². The molecule has 3 unspecified atom stereocenters. The predicted octanol–water partition coefficient (Wildman–Crippen LogP) is 1.26. The number of carboxylic acid groups (broad SMARTS) is 1. The first-order valence-electron chi connectivity index (χ1n) is 11.5. The van der Waals surface area contributed by atoms with Crippen molar-refractivity contribution in [2.45, 2.75) is 48.0 Å². The highest BCUT2D eigenvalue weighted by Crippen LogP contribution is 2.41. The third-order valence-corrected chi connectivity index (χ3v) is 8.72. The highest BCUT2D eigenvalue weighted by Gasteiger charge is 2.54. The molecule has 4 heterocycles. The van der Waals surface area contributed by atoms with Gasteiger partial charge in [0, 0.05) is 36.8 Å². The number of nitrogens with zero attached hydrogens (tertiary/aromatic N) is 4. The summed E-state index contributed by atoms with van der Waals surface area (Å²) in [5, 5.41) is 12.1. The minimum Gasteiger partial charge on any atom is -0.477 e.